The van der Waals surface area contributed by atoms with Crippen LogP contribution in [0.1, 0.15) is 35.7 Å². The van der Waals surface area contributed by atoms with Crippen molar-refractivity contribution >= 4 is 27.8 Å². The highest BCUT2D eigenvalue weighted by molar-refractivity contribution is 9.08. The van der Waals surface area contributed by atoms with E-state index in [4.69, 9.17) is 4.74 Å². The second-order valence-electron chi connectivity index (χ2n) is 4.74. The summed E-state index contributed by atoms with van der Waals surface area (Å²) in [6.45, 7) is 2.73. The number of esters is 1. The third kappa shape index (κ3) is 3.20. The van der Waals surface area contributed by atoms with Crippen LogP contribution in [-0.2, 0) is 14.9 Å². The lowest BCUT2D eigenvalue weighted by Gasteiger charge is -2.23. The van der Waals surface area contributed by atoms with E-state index in [9.17, 15) is 9.59 Å². The third-order valence-electron chi connectivity index (χ3n) is 3.43. The number of carbonyl (C=O) groups excluding carboxylic acids is 2. The van der Waals surface area contributed by atoms with Crippen molar-refractivity contribution < 1.29 is 14.3 Å². The van der Waals surface area contributed by atoms with Crippen LogP contribution in [0.4, 0.5) is 0 Å². The lowest BCUT2D eigenvalue weighted by molar-refractivity contribution is -0.147. The highest BCUT2D eigenvalue weighted by Crippen LogP contribution is 2.21. The smallest absolute Gasteiger partial charge is 0.328 e. The summed E-state index contributed by atoms with van der Waals surface area (Å²) in [5.41, 5.74) is 1.73. The maximum Gasteiger partial charge on any atom is 0.328 e. The van der Waals surface area contributed by atoms with Crippen LogP contribution in [0.3, 0.4) is 0 Å². The number of likely N-dealkylation sites (tertiary alicyclic amines) is 1. The van der Waals surface area contributed by atoms with Gasteiger partial charge in [0.25, 0.3) is 5.91 Å². The predicted molar refractivity (Wildman–Crippen MR) is 79.8 cm³/mol. The van der Waals surface area contributed by atoms with E-state index in [1.807, 2.05) is 12.1 Å². The first-order valence-corrected chi connectivity index (χ1v) is 7.92. The number of nitrogens with zero attached hydrogens (tertiary/aromatic N) is 1. The van der Waals surface area contributed by atoms with E-state index in [2.05, 4.69) is 15.9 Å². The summed E-state index contributed by atoms with van der Waals surface area (Å²) in [4.78, 5) is 26.0. The molecule has 4 nitrogen and oxygen atoms in total. The average Bonchev–Trinajstić information content (AvgIpc) is 2.96. The summed E-state index contributed by atoms with van der Waals surface area (Å²) in [6, 6.07) is 7.01. The Bertz CT molecular complexity index is 486. The molecular weight excluding hydrogens is 322 g/mol. The Morgan fingerprint density at radius 2 is 2.05 bits per heavy atom. The van der Waals surface area contributed by atoms with Gasteiger partial charge in [-0.2, -0.15) is 0 Å². The molecule has 108 valence electrons. The molecule has 0 aliphatic carbocycles. The van der Waals surface area contributed by atoms with Crippen molar-refractivity contribution in [3.8, 4) is 0 Å². The maximum atomic E-state index is 12.5. The molecule has 5 heteroatoms. The predicted octanol–water partition coefficient (Wildman–Crippen LogP) is 2.75. The number of halogens is 1. The summed E-state index contributed by atoms with van der Waals surface area (Å²) in [6.07, 6.45) is 1.53. The average molecular weight is 340 g/mol. The molecule has 0 bridgehead atoms. The van der Waals surface area contributed by atoms with Crippen molar-refractivity contribution in [2.75, 3.05) is 13.2 Å². The number of carbonyl (C=O) groups is 2. The molecule has 1 aromatic carbocycles. The summed E-state index contributed by atoms with van der Waals surface area (Å²) in [5.74, 6) is -0.392. The van der Waals surface area contributed by atoms with Crippen LogP contribution in [0.2, 0.25) is 0 Å². The zero-order chi connectivity index (χ0) is 14.5. The molecule has 1 aromatic rings. The third-order valence-corrected chi connectivity index (χ3v) is 4.08. The second kappa shape index (κ2) is 6.88. The maximum absolute atomic E-state index is 12.5. The van der Waals surface area contributed by atoms with Crippen LogP contribution in [0, 0.1) is 0 Å². The van der Waals surface area contributed by atoms with Crippen molar-refractivity contribution in [1.82, 2.24) is 4.90 Å². The summed E-state index contributed by atoms with van der Waals surface area (Å²) >= 11 is 3.37. The Kier molecular flexibility index (Phi) is 5.17. The van der Waals surface area contributed by atoms with E-state index in [0.29, 0.717) is 25.1 Å². The monoisotopic (exact) mass is 339 g/mol. The van der Waals surface area contributed by atoms with Gasteiger partial charge in [-0.25, -0.2) is 4.79 Å². The standard InChI is InChI=1S/C15H18BrNO3/c1-2-20-15(19)13-4-3-9-17(13)14(18)12-7-5-11(10-16)6-8-12/h5-8,13H,2-4,9-10H2,1H3. The summed E-state index contributed by atoms with van der Waals surface area (Å²) in [5, 5.41) is 0.761. The fourth-order valence-corrected chi connectivity index (χ4v) is 2.77. The molecule has 0 N–H and O–H groups in total. The molecular formula is C15H18BrNO3. The molecule has 20 heavy (non-hydrogen) atoms. The van der Waals surface area contributed by atoms with Crippen molar-refractivity contribution in [2.24, 2.45) is 0 Å². The Labute approximate surface area is 127 Å². The Balaban J connectivity index is 2.12. The second-order valence-corrected chi connectivity index (χ2v) is 5.30. The number of benzene rings is 1. The van der Waals surface area contributed by atoms with Gasteiger partial charge in [0, 0.05) is 17.4 Å². The zero-order valence-corrected chi connectivity index (χ0v) is 13.1. The summed E-state index contributed by atoms with van der Waals surface area (Å²) < 4.78 is 5.04. The van der Waals surface area contributed by atoms with E-state index >= 15 is 0 Å². The molecule has 1 heterocycles. The molecule has 1 aliphatic rings. The molecule has 0 saturated carbocycles. The molecule has 0 spiro atoms. The number of hydrogen-bond donors (Lipinski definition) is 0. The molecule has 2 rings (SSSR count). The van der Waals surface area contributed by atoms with E-state index in [-0.39, 0.29) is 11.9 Å². The topological polar surface area (TPSA) is 46.6 Å². The van der Waals surface area contributed by atoms with Gasteiger partial charge in [-0.1, -0.05) is 28.1 Å². The largest absolute Gasteiger partial charge is 0.464 e. The van der Waals surface area contributed by atoms with Crippen LogP contribution in [0.5, 0.6) is 0 Å². The van der Waals surface area contributed by atoms with Gasteiger partial charge >= 0.3 is 5.97 Å². The molecule has 1 fully saturated rings. The minimum Gasteiger partial charge on any atom is -0.464 e. The molecule has 1 saturated heterocycles. The van der Waals surface area contributed by atoms with Crippen LogP contribution in [0.15, 0.2) is 24.3 Å². The minimum atomic E-state index is -0.432. The zero-order valence-electron chi connectivity index (χ0n) is 11.5. The number of hydrogen-bond acceptors (Lipinski definition) is 3. The van der Waals surface area contributed by atoms with Crippen LogP contribution < -0.4 is 0 Å². The summed E-state index contributed by atoms with van der Waals surface area (Å²) in [7, 11) is 0. The van der Waals surface area contributed by atoms with E-state index in [1.54, 1.807) is 24.0 Å². The lowest BCUT2D eigenvalue weighted by Crippen LogP contribution is -2.41. The van der Waals surface area contributed by atoms with Gasteiger partial charge in [-0.15, -0.1) is 0 Å². The highest BCUT2D eigenvalue weighted by atomic mass is 79.9. The van der Waals surface area contributed by atoms with Crippen molar-refractivity contribution in [2.45, 2.75) is 31.1 Å². The van der Waals surface area contributed by atoms with E-state index in [0.717, 1.165) is 17.3 Å². The lowest BCUT2D eigenvalue weighted by atomic mass is 10.1. The first kappa shape index (κ1) is 15.0. The van der Waals surface area contributed by atoms with Gasteiger partial charge in [-0.3, -0.25) is 4.79 Å². The van der Waals surface area contributed by atoms with Crippen molar-refractivity contribution in [3.05, 3.63) is 35.4 Å². The Morgan fingerprint density at radius 1 is 1.35 bits per heavy atom. The van der Waals surface area contributed by atoms with Crippen LogP contribution >= 0.6 is 15.9 Å². The number of ether oxygens (including phenoxy) is 1. The van der Waals surface area contributed by atoms with Gasteiger partial charge in [0.05, 0.1) is 6.61 Å². The van der Waals surface area contributed by atoms with Gasteiger partial charge < -0.3 is 9.64 Å². The van der Waals surface area contributed by atoms with Gasteiger partial charge in [0.1, 0.15) is 6.04 Å². The normalized spacial score (nSPS) is 18.1. The van der Waals surface area contributed by atoms with E-state index in [1.165, 1.54) is 0 Å². The Hall–Kier alpha value is -1.36. The molecule has 1 amide bonds. The highest BCUT2D eigenvalue weighted by Gasteiger charge is 2.35. The molecule has 1 atom stereocenters. The molecule has 0 radical (unpaired) electrons. The SMILES string of the molecule is CCOC(=O)C1CCCN1C(=O)c1ccc(CBr)cc1. The molecule has 0 aromatic heterocycles. The molecule has 1 unspecified atom stereocenters. The van der Waals surface area contributed by atoms with Gasteiger partial charge in [0.15, 0.2) is 0 Å². The Morgan fingerprint density at radius 3 is 2.65 bits per heavy atom. The van der Waals surface area contributed by atoms with Crippen LogP contribution in [-0.4, -0.2) is 36.0 Å². The van der Waals surface area contributed by atoms with Crippen molar-refractivity contribution in [1.29, 1.82) is 0 Å². The fourth-order valence-electron chi connectivity index (χ4n) is 2.40. The fraction of sp³-hybridized carbons (Fsp3) is 0.467. The van der Waals surface area contributed by atoms with Crippen molar-refractivity contribution in [3.63, 3.8) is 0 Å². The van der Waals surface area contributed by atoms with Gasteiger partial charge in [0.2, 0.25) is 0 Å². The first-order valence-electron chi connectivity index (χ1n) is 6.80. The quantitative estimate of drug-likeness (QED) is 0.625. The number of alkyl halides is 1. The number of amides is 1. The number of rotatable bonds is 4. The molecule has 1 aliphatic heterocycles. The van der Waals surface area contributed by atoms with E-state index < -0.39 is 6.04 Å². The first-order chi connectivity index (χ1) is 9.67. The van der Waals surface area contributed by atoms with Gasteiger partial charge in [-0.05, 0) is 37.5 Å². The minimum absolute atomic E-state index is 0.0957. The van der Waals surface area contributed by atoms with Crippen LogP contribution in [0.25, 0.3) is 0 Å².